The number of hydrogen-bond donors (Lipinski definition) is 2. The van der Waals surface area contributed by atoms with E-state index in [1.807, 2.05) is 6.07 Å². The molecule has 0 atom stereocenters. The third-order valence-corrected chi connectivity index (χ3v) is 6.83. The molecule has 0 fully saturated rings. The molecular weight excluding hydrogens is 542 g/mol. The minimum atomic E-state index is -0.677. The molecule has 0 aliphatic carbocycles. The Morgan fingerprint density at radius 1 is 0.878 bits per heavy atom. The monoisotopic (exact) mass is 567 g/mol. The van der Waals surface area contributed by atoms with Gasteiger partial charge in [0.1, 0.15) is 11.4 Å². The number of Topliss-reactive ketones (excluding diaryl/α,β-unsaturated/α-hetero) is 1. The topological polar surface area (TPSA) is 128 Å². The molecule has 9 nitrogen and oxygen atoms in total. The highest BCUT2D eigenvalue weighted by Crippen LogP contribution is 2.25. The van der Waals surface area contributed by atoms with E-state index in [1.54, 1.807) is 86.0 Å². The first-order valence-electron chi connectivity index (χ1n) is 12.4. The molecule has 4 rings (SSSR count). The summed E-state index contributed by atoms with van der Waals surface area (Å²) in [5.41, 5.74) is 1.04. The average Bonchev–Trinajstić information content (AvgIpc) is 3.00. The summed E-state index contributed by atoms with van der Waals surface area (Å²) in [5, 5.41) is 16.8. The Hall–Kier alpha value is -5.22. The lowest BCUT2D eigenvalue weighted by molar-refractivity contribution is -0.385. The van der Waals surface area contributed by atoms with Crippen molar-refractivity contribution in [3.05, 3.63) is 136 Å². The van der Waals surface area contributed by atoms with E-state index in [0.717, 1.165) is 4.90 Å². The van der Waals surface area contributed by atoms with Gasteiger partial charge >= 0.3 is 0 Å². The van der Waals surface area contributed by atoms with Crippen LogP contribution in [-0.2, 0) is 4.79 Å². The fourth-order valence-corrected chi connectivity index (χ4v) is 4.59. The zero-order valence-corrected chi connectivity index (χ0v) is 22.7. The van der Waals surface area contributed by atoms with Crippen molar-refractivity contribution in [1.29, 1.82) is 0 Å². The van der Waals surface area contributed by atoms with Crippen LogP contribution in [-0.4, -0.2) is 35.4 Å². The number of hydrogen-bond acceptors (Lipinski definition) is 7. The summed E-state index contributed by atoms with van der Waals surface area (Å²) in [4.78, 5) is 50.5. The van der Waals surface area contributed by atoms with Crippen molar-refractivity contribution in [2.24, 2.45) is 0 Å². The molecule has 41 heavy (non-hydrogen) atoms. The van der Waals surface area contributed by atoms with Gasteiger partial charge in [-0.05, 0) is 66.7 Å². The van der Waals surface area contributed by atoms with Crippen LogP contribution in [0.1, 0.15) is 26.3 Å². The van der Waals surface area contributed by atoms with Gasteiger partial charge < -0.3 is 15.4 Å². The first kappa shape index (κ1) is 28.8. The quantitative estimate of drug-likeness (QED) is 0.0749. The Bertz CT molecular complexity index is 1600. The van der Waals surface area contributed by atoms with Crippen molar-refractivity contribution in [1.82, 2.24) is 5.32 Å². The molecule has 0 radical (unpaired) electrons. The predicted molar refractivity (Wildman–Crippen MR) is 158 cm³/mol. The highest BCUT2D eigenvalue weighted by atomic mass is 32.2. The van der Waals surface area contributed by atoms with Gasteiger partial charge in [-0.1, -0.05) is 36.4 Å². The molecule has 4 aromatic carbocycles. The second-order valence-electron chi connectivity index (χ2n) is 8.62. The number of amides is 2. The highest BCUT2D eigenvalue weighted by Gasteiger charge is 2.18. The Labute approximate surface area is 240 Å². The first-order valence-corrected chi connectivity index (χ1v) is 13.4. The van der Waals surface area contributed by atoms with Crippen LogP contribution >= 0.6 is 11.8 Å². The zero-order valence-electron chi connectivity index (χ0n) is 21.9. The van der Waals surface area contributed by atoms with Gasteiger partial charge in [-0.2, -0.15) is 0 Å². The molecule has 0 saturated carbocycles. The molecule has 0 aliphatic heterocycles. The minimum Gasteiger partial charge on any atom is -0.497 e. The van der Waals surface area contributed by atoms with Gasteiger partial charge in [-0.15, -0.1) is 11.8 Å². The van der Waals surface area contributed by atoms with Crippen molar-refractivity contribution in [3.63, 3.8) is 0 Å². The smallest absolute Gasteiger partial charge is 0.276 e. The Morgan fingerprint density at radius 3 is 2.29 bits per heavy atom. The molecule has 10 heteroatoms. The number of nitrogens with one attached hydrogen (secondary N) is 2. The van der Waals surface area contributed by atoms with Crippen LogP contribution in [0.2, 0.25) is 0 Å². The standard InChI is InChI=1S/C31H25N3O6S/c1-40-25-16-14-21(15-17-25)29(35)20-41-26-12-7-11-24(19-26)32-31(37)27(33-30(36)22-8-3-2-4-9-22)18-23-10-5-6-13-28(23)34(38)39/h2-19H,20H2,1H3,(H,32,37)(H,33,36)/b27-18-. The van der Waals surface area contributed by atoms with Crippen LogP contribution in [0.4, 0.5) is 11.4 Å². The number of nitrogens with zero attached hydrogens (tertiary/aromatic N) is 1. The summed E-state index contributed by atoms with van der Waals surface area (Å²) >= 11 is 1.31. The lowest BCUT2D eigenvalue weighted by Crippen LogP contribution is -2.30. The van der Waals surface area contributed by atoms with E-state index >= 15 is 0 Å². The van der Waals surface area contributed by atoms with Crippen LogP contribution in [0.25, 0.3) is 6.08 Å². The number of rotatable bonds is 11. The van der Waals surface area contributed by atoms with Crippen LogP contribution in [0.5, 0.6) is 5.75 Å². The number of carbonyl (C=O) groups is 3. The van der Waals surface area contributed by atoms with Crippen LogP contribution in [0.15, 0.2) is 114 Å². The summed E-state index contributed by atoms with van der Waals surface area (Å²) in [6.45, 7) is 0. The third kappa shape index (κ3) is 7.90. The van der Waals surface area contributed by atoms with Crippen molar-refractivity contribution in [2.75, 3.05) is 18.2 Å². The molecule has 2 amide bonds. The molecule has 4 aromatic rings. The highest BCUT2D eigenvalue weighted by molar-refractivity contribution is 8.00. The largest absolute Gasteiger partial charge is 0.497 e. The van der Waals surface area contributed by atoms with Crippen LogP contribution < -0.4 is 15.4 Å². The van der Waals surface area contributed by atoms with Crippen LogP contribution in [0, 0.1) is 10.1 Å². The normalized spacial score (nSPS) is 10.9. The summed E-state index contributed by atoms with van der Waals surface area (Å²) in [5.74, 6) is -0.450. The van der Waals surface area contributed by atoms with E-state index in [1.165, 1.54) is 36.0 Å². The number of para-hydroxylation sites is 1. The summed E-state index contributed by atoms with van der Waals surface area (Å²) in [6.07, 6.45) is 1.26. The SMILES string of the molecule is COc1ccc(C(=O)CSc2cccc(NC(=O)/C(=C/c3ccccc3[N+](=O)[O-])NC(=O)c3ccccc3)c2)cc1. The van der Waals surface area contributed by atoms with Gasteiger partial charge in [0.2, 0.25) is 0 Å². The number of thioether (sulfide) groups is 1. The molecule has 0 aliphatic rings. The van der Waals surface area contributed by atoms with Gasteiger partial charge in [-0.25, -0.2) is 0 Å². The second kappa shape index (κ2) is 13.7. The predicted octanol–water partition coefficient (Wildman–Crippen LogP) is 5.99. The molecule has 0 aromatic heterocycles. The van der Waals surface area contributed by atoms with E-state index in [4.69, 9.17) is 4.74 Å². The maximum absolute atomic E-state index is 13.3. The van der Waals surface area contributed by atoms with Crippen LogP contribution in [0.3, 0.4) is 0 Å². The van der Waals surface area contributed by atoms with E-state index in [-0.39, 0.29) is 28.5 Å². The molecule has 0 heterocycles. The first-order chi connectivity index (χ1) is 19.8. The fraction of sp³-hybridized carbons (Fsp3) is 0.0645. The third-order valence-electron chi connectivity index (χ3n) is 5.84. The Kier molecular flexibility index (Phi) is 9.63. The molecular formula is C31H25N3O6S. The number of nitro groups is 1. The number of benzene rings is 4. The molecule has 2 N–H and O–H groups in total. The number of ether oxygens (including phenoxy) is 1. The van der Waals surface area contributed by atoms with Crippen molar-refractivity contribution in [3.8, 4) is 5.75 Å². The summed E-state index contributed by atoms with van der Waals surface area (Å²) in [6, 6.07) is 27.9. The molecule has 0 bridgehead atoms. The van der Waals surface area contributed by atoms with Crippen molar-refractivity contribution < 1.29 is 24.0 Å². The van der Waals surface area contributed by atoms with Crippen molar-refractivity contribution >= 4 is 46.8 Å². The van der Waals surface area contributed by atoms with Gasteiger partial charge in [0.05, 0.1) is 23.3 Å². The van der Waals surface area contributed by atoms with E-state index in [2.05, 4.69) is 10.6 Å². The molecule has 0 spiro atoms. The number of methoxy groups -OCH3 is 1. The molecule has 0 saturated heterocycles. The number of ketones is 1. The number of anilines is 1. The van der Waals surface area contributed by atoms with E-state index in [0.29, 0.717) is 22.6 Å². The summed E-state index contributed by atoms with van der Waals surface area (Å²) in [7, 11) is 1.56. The molecule has 206 valence electrons. The Morgan fingerprint density at radius 2 is 1.59 bits per heavy atom. The number of carbonyl (C=O) groups excluding carboxylic acids is 3. The lowest BCUT2D eigenvalue weighted by Gasteiger charge is -2.12. The molecule has 0 unspecified atom stereocenters. The van der Waals surface area contributed by atoms with Gasteiger partial charge in [-0.3, -0.25) is 24.5 Å². The Balaban J connectivity index is 1.52. The number of nitro benzene ring substituents is 1. The average molecular weight is 568 g/mol. The van der Waals surface area contributed by atoms with E-state index in [9.17, 15) is 24.5 Å². The minimum absolute atomic E-state index is 0.0645. The maximum Gasteiger partial charge on any atom is 0.276 e. The fourth-order valence-electron chi connectivity index (χ4n) is 3.74. The van der Waals surface area contributed by atoms with Gasteiger partial charge in [0.15, 0.2) is 5.78 Å². The lowest BCUT2D eigenvalue weighted by atomic mass is 10.1. The zero-order chi connectivity index (χ0) is 29.2. The van der Waals surface area contributed by atoms with Gasteiger partial charge in [0.25, 0.3) is 17.5 Å². The summed E-state index contributed by atoms with van der Waals surface area (Å²) < 4.78 is 5.12. The van der Waals surface area contributed by atoms with Crippen molar-refractivity contribution in [2.45, 2.75) is 4.90 Å². The van der Waals surface area contributed by atoms with E-state index < -0.39 is 16.7 Å². The van der Waals surface area contributed by atoms with Gasteiger partial charge in [0, 0.05) is 27.8 Å². The maximum atomic E-state index is 13.3. The second-order valence-corrected chi connectivity index (χ2v) is 9.67.